The molecule has 3 aliphatic heterocycles. The van der Waals surface area contributed by atoms with Crippen molar-refractivity contribution in [2.75, 3.05) is 48.3 Å². The Morgan fingerprint density at radius 1 is 1.06 bits per heavy atom. The summed E-state index contributed by atoms with van der Waals surface area (Å²) in [5.74, 6) is 0.785. The van der Waals surface area contributed by atoms with Gasteiger partial charge in [-0.2, -0.15) is 13.2 Å². The summed E-state index contributed by atoms with van der Waals surface area (Å²) >= 11 is 1.44. The molecule has 2 atom stereocenters. The predicted octanol–water partition coefficient (Wildman–Crippen LogP) is 5.74. The van der Waals surface area contributed by atoms with Gasteiger partial charge in [-0.25, -0.2) is 0 Å². The predicted molar refractivity (Wildman–Crippen MR) is 136 cm³/mol. The number of fused-ring (bicyclic) bond motifs is 4. The minimum atomic E-state index is -4.40. The summed E-state index contributed by atoms with van der Waals surface area (Å²) in [6.45, 7) is 4.39. The lowest BCUT2D eigenvalue weighted by molar-refractivity contribution is -0.137. The zero-order valence-electron chi connectivity index (χ0n) is 19.7. The molecule has 0 spiro atoms. The summed E-state index contributed by atoms with van der Waals surface area (Å²) in [5, 5.41) is 6.91. The Morgan fingerprint density at radius 3 is 2.57 bits per heavy atom. The third-order valence-electron chi connectivity index (χ3n) is 8.01. The molecule has 2 aromatic carbocycles. The third kappa shape index (κ3) is 4.58. The van der Waals surface area contributed by atoms with Crippen LogP contribution < -0.4 is 21.3 Å². The zero-order chi connectivity index (χ0) is 24.2. The monoisotopic (exact) mass is 503 g/mol. The number of hydrogen-bond acceptors (Lipinski definition) is 6. The van der Waals surface area contributed by atoms with Gasteiger partial charge < -0.3 is 26.2 Å². The second kappa shape index (κ2) is 9.09. The van der Waals surface area contributed by atoms with Crippen LogP contribution in [0.5, 0.6) is 0 Å². The first kappa shape index (κ1) is 23.3. The molecular weight excluding hydrogens is 471 g/mol. The van der Waals surface area contributed by atoms with Crippen LogP contribution in [-0.4, -0.2) is 49.7 Å². The molecule has 4 N–H and O–H groups in total. The van der Waals surface area contributed by atoms with Crippen molar-refractivity contribution in [3.63, 3.8) is 0 Å². The van der Waals surface area contributed by atoms with Crippen LogP contribution in [0, 0.1) is 5.92 Å². The SMILES string of the molecule is NCCN1CCC(Nc2cc(C(F)(F)F)cc3c2Nc2ccc(N4CC5CCC4C5)cc2S3)CC1. The Balaban J connectivity index is 1.27. The van der Waals surface area contributed by atoms with Crippen LogP contribution in [0.3, 0.4) is 0 Å². The van der Waals surface area contributed by atoms with Crippen molar-refractivity contribution < 1.29 is 13.2 Å². The molecule has 2 unspecified atom stereocenters. The molecule has 3 fully saturated rings. The smallest absolute Gasteiger partial charge is 0.380 e. The van der Waals surface area contributed by atoms with Crippen LogP contribution in [0.25, 0.3) is 0 Å². The molecule has 2 bridgehead atoms. The van der Waals surface area contributed by atoms with Gasteiger partial charge in [0.25, 0.3) is 0 Å². The quantitative estimate of drug-likeness (QED) is 0.413. The first-order chi connectivity index (χ1) is 16.9. The molecule has 0 aromatic heterocycles. The molecule has 0 amide bonds. The summed E-state index contributed by atoms with van der Waals surface area (Å²) in [6.07, 6.45) is 1.20. The van der Waals surface area contributed by atoms with Crippen molar-refractivity contribution >= 4 is 34.5 Å². The number of halogens is 3. The maximum absolute atomic E-state index is 13.8. The molecule has 2 saturated heterocycles. The minimum absolute atomic E-state index is 0.137. The van der Waals surface area contributed by atoms with Crippen molar-refractivity contribution in [1.29, 1.82) is 0 Å². The van der Waals surface area contributed by atoms with E-state index in [1.165, 1.54) is 48.8 Å². The van der Waals surface area contributed by atoms with E-state index < -0.39 is 11.7 Å². The van der Waals surface area contributed by atoms with Gasteiger partial charge in [0.1, 0.15) is 0 Å². The van der Waals surface area contributed by atoms with Crippen molar-refractivity contribution in [3.05, 3.63) is 35.9 Å². The molecule has 4 aliphatic rings. The number of nitrogens with zero attached hydrogens (tertiary/aromatic N) is 2. The number of benzene rings is 2. The maximum atomic E-state index is 13.8. The largest absolute Gasteiger partial charge is 0.416 e. The molecule has 9 heteroatoms. The van der Waals surface area contributed by atoms with E-state index in [2.05, 4.69) is 38.6 Å². The van der Waals surface area contributed by atoms with Crippen LogP contribution in [0.4, 0.5) is 35.9 Å². The van der Waals surface area contributed by atoms with Gasteiger partial charge in [0.05, 0.1) is 22.6 Å². The summed E-state index contributed by atoms with van der Waals surface area (Å²) < 4.78 is 41.5. The minimum Gasteiger partial charge on any atom is -0.380 e. The Labute approximate surface area is 208 Å². The Bertz CT molecular complexity index is 1100. The van der Waals surface area contributed by atoms with Gasteiger partial charge in [-0.15, -0.1) is 0 Å². The molecule has 3 heterocycles. The Morgan fingerprint density at radius 2 is 1.89 bits per heavy atom. The van der Waals surface area contributed by atoms with Crippen LogP contribution in [0.2, 0.25) is 0 Å². The van der Waals surface area contributed by atoms with E-state index >= 15 is 0 Å². The highest BCUT2D eigenvalue weighted by Crippen LogP contribution is 2.51. The van der Waals surface area contributed by atoms with Gasteiger partial charge in [0, 0.05) is 60.3 Å². The Hall–Kier alpha value is -2.10. The van der Waals surface area contributed by atoms with E-state index in [0.717, 1.165) is 61.2 Å². The molecule has 0 radical (unpaired) electrons. The van der Waals surface area contributed by atoms with E-state index in [1.807, 2.05) is 0 Å². The standard InChI is InChI=1S/C26H32F3N5S/c27-26(28,29)17-12-22(31-18-5-8-33(9-6-18)10-7-30)25-24(13-17)35-23-14-20(3-4-21(23)32-25)34-15-16-1-2-19(34)11-16/h3-4,12-14,16,18-19,31-32H,1-2,5-11,15,30H2. The maximum Gasteiger partial charge on any atom is 0.416 e. The normalized spacial score (nSPS) is 24.3. The number of piperidine rings is 2. The van der Waals surface area contributed by atoms with Gasteiger partial charge in [0.2, 0.25) is 0 Å². The van der Waals surface area contributed by atoms with Crippen molar-refractivity contribution in [1.82, 2.24) is 4.90 Å². The number of rotatable bonds is 5. The molecule has 2 aromatic rings. The van der Waals surface area contributed by atoms with Crippen LogP contribution in [-0.2, 0) is 6.18 Å². The number of nitrogens with two attached hydrogens (primary N) is 1. The lowest BCUT2D eigenvalue weighted by atomic mass is 10.0. The van der Waals surface area contributed by atoms with E-state index in [0.29, 0.717) is 23.2 Å². The van der Waals surface area contributed by atoms with Crippen molar-refractivity contribution in [2.45, 2.75) is 60.2 Å². The first-order valence-electron chi connectivity index (χ1n) is 12.7. The lowest BCUT2D eigenvalue weighted by Gasteiger charge is -2.34. The van der Waals surface area contributed by atoms with Crippen LogP contribution in [0.1, 0.15) is 37.7 Å². The molecule has 1 saturated carbocycles. The highest BCUT2D eigenvalue weighted by molar-refractivity contribution is 7.99. The highest BCUT2D eigenvalue weighted by atomic mass is 32.2. The molecule has 1 aliphatic carbocycles. The zero-order valence-corrected chi connectivity index (χ0v) is 20.5. The second-order valence-corrected chi connectivity index (χ2v) is 11.4. The molecule has 35 heavy (non-hydrogen) atoms. The van der Waals surface area contributed by atoms with E-state index in [9.17, 15) is 13.2 Å². The highest BCUT2D eigenvalue weighted by Gasteiger charge is 2.38. The number of hydrogen-bond donors (Lipinski definition) is 3. The van der Waals surface area contributed by atoms with Gasteiger partial charge in [0.15, 0.2) is 0 Å². The molecule has 6 rings (SSSR count). The number of likely N-dealkylation sites (tertiary alicyclic amines) is 1. The van der Waals surface area contributed by atoms with Gasteiger partial charge in [-0.3, -0.25) is 0 Å². The molecule has 188 valence electrons. The number of nitrogens with one attached hydrogen (secondary N) is 2. The van der Waals surface area contributed by atoms with Crippen LogP contribution in [0.15, 0.2) is 40.1 Å². The fourth-order valence-electron chi connectivity index (χ4n) is 6.18. The second-order valence-electron chi connectivity index (χ2n) is 10.3. The Kier molecular flexibility index (Phi) is 6.05. The fraction of sp³-hybridized carbons (Fsp3) is 0.538. The lowest BCUT2D eigenvalue weighted by Crippen LogP contribution is -2.41. The van der Waals surface area contributed by atoms with Gasteiger partial charge in [-0.1, -0.05) is 11.8 Å². The molecular formula is C26H32F3N5S. The van der Waals surface area contributed by atoms with Gasteiger partial charge in [-0.05, 0) is 68.4 Å². The fourth-order valence-corrected chi connectivity index (χ4v) is 7.27. The van der Waals surface area contributed by atoms with Gasteiger partial charge >= 0.3 is 6.18 Å². The third-order valence-corrected chi connectivity index (χ3v) is 9.11. The number of alkyl halides is 3. The summed E-state index contributed by atoms with van der Waals surface area (Å²) in [4.78, 5) is 6.41. The van der Waals surface area contributed by atoms with E-state index in [4.69, 9.17) is 5.73 Å². The average Bonchev–Trinajstić information content (AvgIpc) is 3.47. The summed E-state index contributed by atoms with van der Waals surface area (Å²) in [7, 11) is 0. The molecule has 5 nitrogen and oxygen atoms in total. The average molecular weight is 504 g/mol. The number of anilines is 4. The topological polar surface area (TPSA) is 56.6 Å². The van der Waals surface area contributed by atoms with E-state index in [1.54, 1.807) is 0 Å². The van der Waals surface area contributed by atoms with E-state index in [-0.39, 0.29) is 6.04 Å². The summed E-state index contributed by atoms with van der Waals surface area (Å²) in [5.41, 5.74) is 8.48. The van der Waals surface area contributed by atoms with Crippen molar-refractivity contribution in [2.24, 2.45) is 11.7 Å². The van der Waals surface area contributed by atoms with Crippen LogP contribution >= 0.6 is 11.8 Å². The summed E-state index contributed by atoms with van der Waals surface area (Å²) in [6, 6.07) is 9.68. The first-order valence-corrected chi connectivity index (χ1v) is 13.5. The van der Waals surface area contributed by atoms with Crippen molar-refractivity contribution in [3.8, 4) is 0 Å².